The van der Waals surface area contributed by atoms with E-state index < -0.39 is 0 Å². The van der Waals surface area contributed by atoms with E-state index in [0.717, 1.165) is 33.8 Å². The summed E-state index contributed by atoms with van der Waals surface area (Å²) in [6.07, 6.45) is 0. The fourth-order valence-electron chi connectivity index (χ4n) is 9.36. The van der Waals surface area contributed by atoms with Crippen molar-refractivity contribution in [3.63, 3.8) is 0 Å². The van der Waals surface area contributed by atoms with Gasteiger partial charge < -0.3 is 4.57 Å². The molecule has 12 rings (SSSR count). The van der Waals surface area contributed by atoms with E-state index in [1.54, 1.807) is 0 Å². The molecule has 1 aliphatic carbocycles. The second kappa shape index (κ2) is 14.8. The number of para-hydroxylation sites is 2. The molecular weight excluding hydrogens is 753 g/mol. The number of fused-ring (bicyclic) bond motifs is 6. The summed E-state index contributed by atoms with van der Waals surface area (Å²) in [7, 11) is 0. The maximum Gasteiger partial charge on any atom is 0.163 e. The first kappa shape index (κ1) is 35.7. The summed E-state index contributed by atoms with van der Waals surface area (Å²) in [4.78, 5) is 15.8. The van der Waals surface area contributed by atoms with Crippen LogP contribution in [0, 0.1) is 0 Å². The van der Waals surface area contributed by atoms with Crippen molar-refractivity contribution in [2.24, 2.45) is 0 Å². The van der Waals surface area contributed by atoms with Crippen molar-refractivity contribution >= 4 is 21.8 Å². The summed E-state index contributed by atoms with van der Waals surface area (Å²) in [5.74, 6) is 1.89. The summed E-state index contributed by atoms with van der Waals surface area (Å²) in [5.41, 5.74) is 17.3. The molecule has 0 fully saturated rings. The van der Waals surface area contributed by atoms with Gasteiger partial charge in [-0.05, 0) is 98.1 Å². The van der Waals surface area contributed by atoms with Gasteiger partial charge in [-0.3, -0.25) is 0 Å². The van der Waals surface area contributed by atoms with Gasteiger partial charge >= 0.3 is 0 Å². The fourth-order valence-corrected chi connectivity index (χ4v) is 9.36. The van der Waals surface area contributed by atoms with Gasteiger partial charge in [0, 0.05) is 27.6 Å². The maximum absolute atomic E-state index is 5.34. The minimum absolute atomic E-state index is 0.167. The van der Waals surface area contributed by atoms with Gasteiger partial charge in [-0.25, -0.2) is 15.0 Å². The van der Waals surface area contributed by atoms with E-state index in [-0.39, 0.29) is 5.92 Å². The monoisotopic (exact) mass is 790 g/mol. The van der Waals surface area contributed by atoms with Crippen molar-refractivity contribution < 1.29 is 0 Å². The molecule has 0 spiro atoms. The molecule has 11 aromatic rings. The van der Waals surface area contributed by atoms with Gasteiger partial charge in [-0.2, -0.15) is 0 Å². The summed E-state index contributed by atoms with van der Waals surface area (Å²) in [6.45, 7) is 0. The van der Waals surface area contributed by atoms with E-state index in [4.69, 9.17) is 15.0 Å². The molecule has 62 heavy (non-hydrogen) atoms. The lowest BCUT2D eigenvalue weighted by atomic mass is 9.93. The molecule has 0 aliphatic heterocycles. The molecule has 2 aromatic heterocycles. The van der Waals surface area contributed by atoms with Gasteiger partial charge in [0.1, 0.15) is 5.82 Å². The smallest absolute Gasteiger partial charge is 0.163 e. The van der Waals surface area contributed by atoms with Crippen LogP contribution in [0.2, 0.25) is 0 Å². The molecule has 0 radical (unpaired) electrons. The third-order valence-corrected chi connectivity index (χ3v) is 12.3. The minimum Gasteiger partial charge on any atom is -0.309 e. The van der Waals surface area contributed by atoms with Crippen LogP contribution < -0.4 is 0 Å². The highest BCUT2D eigenvalue weighted by molar-refractivity contribution is 6.10. The Hall–Kier alpha value is -8.21. The molecule has 0 bridgehead atoms. The quantitative estimate of drug-likeness (QED) is 0.161. The van der Waals surface area contributed by atoms with Gasteiger partial charge in [0.15, 0.2) is 11.6 Å². The minimum atomic E-state index is -0.167. The molecule has 290 valence electrons. The zero-order valence-corrected chi connectivity index (χ0v) is 33.7. The van der Waals surface area contributed by atoms with Gasteiger partial charge in [0.25, 0.3) is 0 Å². The number of rotatable bonds is 7. The van der Waals surface area contributed by atoms with E-state index in [1.807, 2.05) is 24.3 Å². The number of nitrogens with zero attached hydrogens (tertiary/aromatic N) is 4. The summed E-state index contributed by atoms with van der Waals surface area (Å²) >= 11 is 0. The summed E-state index contributed by atoms with van der Waals surface area (Å²) < 4.78 is 2.37. The Balaban J connectivity index is 0.961. The molecule has 0 N–H and O–H groups in total. The largest absolute Gasteiger partial charge is 0.309 e. The lowest BCUT2D eigenvalue weighted by Crippen LogP contribution is -2.09. The lowest BCUT2D eigenvalue weighted by molar-refractivity contribution is 0.856. The van der Waals surface area contributed by atoms with Crippen LogP contribution in [0.4, 0.5) is 0 Å². The van der Waals surface area contributed by atoms with Gasteiger partial charge in [0.05, 0.1) is 17.0 Å². The van der Waals surface area contributed by atoms with E-state index in [2.05, 4.69) is 205 Å². The fraction of sp³-hybridized carbons (Fsp3) is 0.0172. The van der Waals surface area contributed by atoms with E-state index in [9.17, 15) is 0 Å². The summed E-state index contributed by atoms with van der Waals surface area (Å²) in [5, 5.41) is 2.48. The molecule has 1 aliphatic rings. The second-order valence-electron chi connectivity index (χ2n) is 16.0. The Morgan fingerprint density at radius 1 is 0.306 bits per heavy atom. The molecule has 0 saturated heterocycles. The maximum atomic E-state index is 5.34. The van der Waals surface area contributed by atoms with Crippen LogP contribution in [0.5, 0.6) is 0 Å². The Bertz CT molecular complexity index is 3450. The number of aromatic nitrogens is 4. The zero-order valence-electron chi connectivity index (χ0n) is 33.7. The van der Waals surface area contributed by atoms with Crippen LogP contribution in [0.1, 0.15) is 22.9 Å². The van der Waals surface area contributed by atoms with Gasteiger partial charge in [-0.15, -0.1) is 0 Å². The SMILES string of the molecule is c1ccc(-c2ccc(-c3cccc(-c4nc(-c5ccccc5)nc(C5c6ccccc6-c6cc(-c7ccc8c(c7)c7ccccc7n8-c7ccccc7)ccc65)n4)c3)cc2)cc1. The summed E-state index contributed by atoms with van der Waals surface area (Å²) in [6, 6.07) is 79.9. The highest BCUT2D eigenvalue weighted by Crippen LogP contribution is 2.49. The highest BCUT2D eigenvalue weighted by atomic mass is 15.0. The van der Waals surface area contributed by atoms with Crippen LogP contribution in [0.25, 0.3) is 94.8 Å². The molecule has 0 saturated carbocycles. The van der Waals surface area contributed by atoms with Gasteiger partial charge in [0.2, 0.25) is 0 Å². The van der Waals surface area contributed by atoms with Crippen molar-refractivity contribution in [3.05, 3.63) is 241 Å². The van der Waals surface area contributed by atoms with Crippen LogP contribution in [-0.2, 0) is 0 Å². The van der Waals surface area contributed by atoms with Crippen LogP contribution >= 0.6 is 0 Å². The Kier molecular flexibility index (Phi) is 8.53. The Morgan fingerprint density at radius 3 is 1.61 bits per heavy atom. The van der Waals surface area contributed by atoms with E-state index >= 15 is 0 Å². The van der Waals surface area contributed by atoms with Crippen LogP contribution in [0.15, 0.2) is 224 Å². The van der Waals surface area contributed by atoms with Crippen LogP contribution in [0.3, 0.4) is 0 Å². The third kappa shape index (κ3) is 6.12. The standard InChI is InChI=1S/C58H38N4/c1-4-15-38(16-5-1)39-27-29-40(30-28-39)42-19-14-20-45(35-42)57-59-56(41-17-6-2-7-18-41)60-58(61-57)55-49-25-11-10-23-47(49)51-36-43(31-33-50(51)55)44-32-34-54-52(37-44)48-24-12-13-26-53(48)62(54)46-21-8-3-9-22-46/h1-37,55H. The van der Waals surface area contributed by atoms with Crippen molar-refractivity contribution in [1.82, 2.24) is 19.5 Å². The second-order valence-corrected chi connectivity index (χ2v) is 16.0. The molecule has 2 heterocycles. The van der Waals surface area contributed by atoms with Crippen molar-refractivity contribution in [2.75, 3.05) is 0 Å². The first-order chi connectivity index (χ1) is 30.7. The Labute approximate surface area is 360 Å². The molecule has 0 amide bonds. The molecule has 1 unspecified atom stereocenters. The average molecular weight is 791 g/mol. The lowest BCUT2D eigenvalue weighted by Gasteiger charge is -2.16. The number of benzene rings is 9. The average Bonchev–Trinajstić information content (AvgIpc) is 3.87. The first-order valence-electron chi connectivity index (χ1n) is 21.1. The van der Waals surface area contributed by atoms with Crippen molar-refractivity contribution in [2.45, 2.75) is 5.92 Å². The predicted molar refractivity (Wildman–Crippen MR) is 254 cm³/mol. The molecule has 4 nitrogen and oxygen atoms in total. The highest BCUT2D eigenvalue weighted by Gasteiger charge is 2.33. The third-order valence-electron chi connectivity index (χ3n) is 12.3. The van der Waals surface area contributed by atoms with Crippen LogP contribution in [-0.4, -0.2) is 19.5 Å². The van der Waals surface area contributed by atoms with Crippen molar-refractivity contribution in [1.29, 1.82) is 0 Å². The Morgan fingerprint density at radius 2 is 0.823 bits per heavy atom. The van der Waals surface area contributed by atoms with Gasteiger partial charge in [-0.1, -0.05) is 182 Å². The molecule has 1 atom stereocenters. The molecular formula is C58H38N4. The molecule has 9 aromatic carbocycles. The number of hydrogen-bond acceptors (Lipinski definition) is 3. The normalized spacial score (nSPS) is 13.0. The number of hydrogen-bond donors (Lipinski definition) is 0. The zero-order chi connectivity index (χ0) is 41.0. The van der Waals surface area contributed by atoms with Crippen molar-refractivity contribution in [3.8, 4) is 73.0 Å². The topological polar surface area (TPSA) is 43.6 Å². The van der Waals surface area contributed by atoms with E-state index in [1.165, 1.54) is 66.3 Å². The predicted octanol–water partition coefficient (Wildman–Crippen LogP) is 14.5. The first-order valence-corrected chi connectivity index (χ1v) is 21.1. The van der Waals surface area contributed by atoms with E-state index in [0.29, 0.717) is 11.6 Å². The molecule has 4 heteroatoms.